The van der Waals surface area contributed by atoms with E-state index in [2.05, 4.69) is 17.6 Å². The van der Waals surface area contributed by atoms with Crippen LogP contribution in [0.1, 0.15) is 52.9 Å². The molecule has 18 heavy (non-hydrogen) atoms. The van der Waals surface area contributed by atoms with Gasteiger partial charge in [0.25, 0.3) is 0 Å². The van der Waals surface area contributed by atoms with Crippen LogP contribution in [0.5, 0.6) is 0 Å². The minimum atomic E-state index is -0.900. The summed E-state index contributed by atoms with van der Waals surface area (Å²) >= 11 is 0. The van der Waals surface area contributed by atoms with E-state index in [1.807, 2.05) is 6.92 Å². The number of carboxylic acid groups (broad SMARTS) is 1. The van der Waals surface area contributed by atoms with Crippen molar-refractivity contribution in [2.45, 2.75) is 58.9 Å². The molecule has 0 saturated heterocycles. The number of carbonyl (C=O) groups excluding carboxylic acids is 1. The van der Waals surface area contributed by atoms with Crippen LogP contribution in [-0.2, 0) is 4.79 Å². The highest BCUT2D eigenvalue weighted by atomic mass is 16.4. The van der Waals surface area contributed by atoms with Crippen molar-refractivity contribution in [2.24, 2.45) is 5.92 Å². The minimum absolute atomic E-state index is 0.127. The van der Waals surface area contributed by atoms with Gasteiger partial charge >= 0.3 is 12.0 Å². The third-order valence-corrected chi connectivity index (χ3v) is 2.86. The number of carbonyl (C=O) groups is 2. The summed E-state index contributed by atoms with van der Waals surface area (Å²) in [5.74, 6) is -1.46. The van der Waals surface area contributed by atoms with E-state index < -0.39 is 11.9 Å². The van der Waals surface area contributed by atoms with E-state index in [1.165, 1.54) is 19.3 Å². The Labute approximate surface area is 109 Å². The van der Waals surface area contributed by atoms with Gasteiger partial charge in [-0.25, -0.2) is 4.79 Å². The Kier molecular flexibility index (Phi) is 9.06. The first-order valence-electron chi connectivity index (χ1n) is 6.74. The Bertz CT molecular complexity index is 257. The summed E-state index contributed by atoms with van der Waals surface area (Å²) in [6.07, 6.45) is 5.70. The average Bonchev–Trinajstić information content (AvgIpc) is 2.31. The van der Waals surface area contributed by atoms with Crippen LogP contribution in [0.15, 0.2) is 0 Å². The van der Waals surface area contributed by atoms with Gasteiger partial charge in [-0.1, -0.05) is 39.5 Å². The summed E-state index contributed by atoms with van der Waals surface area (Å²) in [5.41, 5.74) is 0. The molecule has 0 spiro atoms. The zero-order chi connectivity index (χ0) is 14.0. The first-order chi connectivity index (χ1) is 8.47. The van der Waals surface area contributed by atoms with Crippen LogP contribution in [0.3, 0.4) is 0 Å². The lowest BCUT2D eigenvalue weighted by Crippen LogP contribution is -2.43. The molecule has 5 nitrogen and oxygen atoms in total. The molecule has 2 unspecified atom stereocenters. The van der Waals surface area contributed by atoms with E-state index in [9.17, 15) is 9.59 Å². The summed E-state index contributed by atoms with van der Waals surface area (Å²) in [6, 6.07) is -0.159. The van der Waals surface area contributed by atoms with Crippen molar-refractivity contribution in [2.75, 3.05) is 6.54 Å². The first kappa shape index (κ1) is 16.7. The van der Waals surface area contributed by atoms with Crippen LogP contribution in [0.25, 0.3) is 0 Å². The van der Waals surface area contributed by atoms with E-state index in [1.54, 1.807) is 6.92 Å². The van der Waals surface area contributed by atoms with Crippen molar-refractivity contribution >= 4 is 12.0 Å². The maximum Gasteiger partial charge on any atom is 0.315 e. The molecule has 0 fully saturated rings. The van der Waals surface area contributed by atoms with Gasteiger partial charge in [-0.15, -0.1) is 0 Å². The number of aliphatic carboxylic acids is 1. The third kappa shape index (κ3) is 8.84. The molecule has 0 bridgehead atoms. The second-order valence-corrected chi connectivity index (χ2v) is 4.84. The predicted octanol–water partition coefficient (Wildman–Crippen LogP) is 2.37. The Balaban J connectivity index is 3.64. The molecule has 2 atom stereocenters. The van der Waals surface area contributed by atoms with Gasteiger partial charge in [-0.05, 0) is 13.3 Å². The molecule has 0 aromatic heterocycles. The van der Waals surface area contributed by atoms with Crippen molar-refractivity contribution in [3.63, 3.8) is 0 Å². The molecule has 0 radical (unpaired) electrons. The number of hydrogen-bond acceptors (Lipinski definition) is 2. The molecule has 3 N–H and O–H groups in total. The summed E-state index contributed by atoms with van der Waals surface area (Å²) in [4.78, 5) is 22.0. The van der Waals surface area contributed by atoms with Crippen molar-refractivity contribution in [1.82, 2.24) is 10.6 Å². The minimum Gasteiger partial charge on any atom is -0.481 e. The summed E-state index contributed by atoms with van der Waals surface area (Å²) in [5, 5.41) is 14.0. The quantitative estimate of drug-likeness (QED) is 0.555. The molecule has 2 amide bonds. The van der Waals surface area contributed by atoms with Crippen LogP contribution in [0.4, 0.5) is 4.79 Å². The van der Waals surface area contributed by atoms with Gasteiger partial charge in [0.15, 0.2) is 0 Å². The van der Waals surface area contributed by atoms with Crippen LogP contribution in [0.2, 0.25) is 0 Å². The van der Waals surface area contributed by atoms with Crippen LogP contribution < -0.4 is 10.6 Å². The van der Waals surface area contributed by atoms with Crippen molar-refractivity contribution < 1.29 is 14.7 Å². The second kappa shape index (κ2) is 9.74. The van der Waals surface area contributed by atoms with Gasteiger partial charge in [0, 0.05) is 12.6 Å². The van der Waals surface area contributed by atoms with Gasteiger partial charge in [0.05, 0.1) is 5.92 Å². The number of amides is 2. The van der Waals surface area contributed by atoms with E-state index in [-0.39, 0.29) is 18.6 Å². The summed E-state index contributed by atoms with van der Waals surface area (Å²) in [7, 11) is 0. The maximum atomic E-state index is 11.5. The van der Waals surface area contributed by atoms with E-state index >= 15 is 0 Å². The standard InChI is InChI=1S/C13H26N2O3/c1-4-5-6-7-8-11(3)15-13(18)14-9-10(2)12(16)17/h10-11H,4-9H2,1-3H3,(H,16,17)(H2,14,15,18). The van der Waals surface area contributed by atoms with E-state index in [0.29, 0.717) is 0 Å². The van der Waals surface area contributed by atoms with E-state index in [0.717, 1.165) is 12.8 Å². The highest BCUT2D eigenvalue weighted by Crippen LogP contribution is 2.05. The molecule has 0 saturated carbocycles. The summed E-state index contributed by atoms with van der Waals surface area (Å²) in [6.45, 7) is 5.85. The lowest BCUT2D eigenvalue weighted by Gasteiger charge is -2.15. The fourth-order valence-electron chi connectivity index (χ4n) is 1.56. The van der Waals surface area contributed by atoms with Gasteiger partial charge in [0.1, 0.15) is 0 Å². The van der Waals surface area contributed by atoms with Gasteiger partial charge in [-0.3, -0.25) is 4.79 Å². The van der Waals surface area contributed by atoms with Crippen molar-refractivity contribution in [3.8, 4) is 0 Å². The molecule has 0 aliphatic carbocycles. The predicted molar refractivity (Wildman–Crippen MR) is 71.6 cm³/mol. The zero-order valence-corrected chi connectivity index (χ0v) is 11.7. The lowest BCUT2D eigenvalue weighted by atomic mass is 10.1. The number of urea groups is 1. The number of carboxylic acids is 1. The molecule has 0 aliphatic heterocycles. The molecular formula is C13H26N2O3. The molecule has 0 aromatic rings. The van der Waals surface area contributed by atoms with E-state index in [4.69, 9.17) is 5.11 Å². The monoisotopic (exact) mass is 258 g/mol. The Morgan fingerprint density at radius 2 is 1.83 bits per heavy atom. The third-order valence-electron chi connectivity index (χ3n) is 2.86. The smallest absolute Gasteiger partial charge is 0.315 e. The molecule has 106 valence electrons. The van der Waals surface area contributed by atoms with Crippen LogP contribution >= 0.6 is 0 Å². The lowest BCUT2D eigenvalue weighted by molar-refractivity contribution is -0.140. The first-order valence-corrected chi connectivity index (χ1v) is 6.74. The SMILES string of the molecule is CCCCCCC(C)NC(=O)NCC(C)C(=O)O. The number of hydrogen-bond donors (Lipinski definition) is 3. The topological polar surface area (TPSA) is 78.4 Å². The Hall–Kier alpha value is -1.26. The van der Waals surface area contributed by atoms with Gasteiger partial charge in [0.2, 0.25) is 0 Å². The molecule has 0 heterocycles. The van der Waals surface area contributed by atoms with Crippen molar-refractivity contribution in [3.05, 3.63) is 0 Å². The fourth-order valence-corrected chi connectivity index (χ4v) is 1.56. The highest BCUT2D eigenvalue weighted by molar-refractivity contribution is 5.75. The molecule has 0 aromatic carbocycles. The average molecular weight is 258 g/mol. The molecule has 5 heteroatoms. The van der Waals surface area contributed by atoms with Gasteiger partial charge < -0.3 is 15.7 Å². The van der Waals surface area contributed by atoms with Crippen LogP contribution in [-0.4, -0.2) is 29.7 Å². The Morgan fingerprint density at radius 3 is 2.39 bits per heavy atom. The highest BCUT2D eigenvalue weighted by Gasteiger charge is 2.12. The Morgan fingerprint density at radius 1 is 1.17 bits per heavy atom. The maximum absolute atomic E-state index is 11.5. The largest absolute Gasteiger partial charge is 0.481 e. The number of unbranched alkanes of at least 4 members (excludes halogenated alkanes) is 3. The zero-order valence-electron chi connectivity index (χ0n) is 11.7. The molecule has 0 rings (SSSR count). The normalized spacial score (nSPS) is 13.7. The molecular weight excluding hydrogens is 232 g/mol. The number of rotatable bonds is 9. The second-order valence-electron chi connectivity index (χ2n) is 4.84. The number of nitrogens with one attached hydrogen (secondary N) is 2. The summed E-state index contributed by atoms with van der Waals surface area (Å²) < 4.78 is 0. The van der Waals surface area contributed by atoms with Gasteiger partial charge in [-0.2, -0.15) is 0 Å². The molecule has 0 aliphatic rings. The van der Waals surface area contributed by atoms with Crippen molar-refractivity contribution in [1.29, 1.82) is 0 Å². The van der Waals surface area contributed by atoms with Crippen LogP contribution in [0, 0.1) is 5.92 Å². The fraction of sp³-hybridized carbons (Fsp3) is 0.846.